The largest absolute Gasteiger partial charge is 0.309 e. The van der Waals surface area contributed by atoms with Gasteiger partial charge in [-0.15, -0.1) is 22.7 Å². The molecule has 2 aromatic heterocycles. The van der Waals surface area contributed by atoms with Crippen LogP contribution >= 0.6 is 38.6 Å². The molecule has 5 heteroatoms. The first-order chi connectivity index (χ1) is 10.2. The van der Waals surface area contributed by atoms with Crippen molar-refractivity contribution in [2.24, 2.45) is 0 Å². The van der Waals surface area contributed by atoms with Crippen LogP contribution < -0.4 is 5.32 Å². The fourth-order valence-electron chi connectivity index (χ4n) is 2.40. The summed E-state index contributed by atoms with van der Waals surface area (Å²) in [5, 5.41) is 5.64. The fourth-order valence-corrected chi connectivity index (χ4v) is 5.00. The van der Waals surface area contributed by atoms with Crippen molar-refractivity contribution in [2.75, 3.05) is 6.54 Å². The van der Waals surface area contributed by atoms with Gasteiger partial charge in [0, 0.05) is 24.8 Å². The van der Waals surface area contributed by atoms with E-state index < -0.39 is 0 Å². The van der Waals surface area contributed by atoms with Gasteiger partial charge in [0.15, 0.2) is 0 Å². The molecule has 0 amide bonds. The highest BCUT2D eigenvalue weighted by atomic mass is 79.9. The molecule has 1 atom stereocenters. The van der Waals surface area contributed by atoms with Gasteiger partial charge < -0.3 is 5.32 Å². The standard InChI is InChI=1S/C16H15BrFNS2/c1-2-19-13(8-10-7-11(18)3-4-12(10)17)15-9-16-14(21-15)5-6-20-16/h3-7,9,13,19H,2,8H2,1H3. The summed E-state index contributed by atoms with van der Waals surface area (Å²) in [5.74, 6) is -0.185. The van der Waals surface area contributed by atoms with Gasteiger partial charge in [-0.05, 0) is 54.2 Å². The van der Waals surface area contributed by atoms with Gasteiger partial charge >= 0.3 is 0 Å². The zero-order valence-electron chi connectivity index (χ0n) is 11.5. The van der Waals surface area contributed by atoms with E-state index >= 15 is 0 Å². The first kappa shape index (κ1) is 15.2. The highest BCUT2D eigenvalue weighted by Gasteiger charge is 2.16. The lowest BCUT2D eigenvalue weighted by Gasteiger charge is -2.17. The lowest BCUT2D eigenvalue weighted by Crippen LogP contribution is -2.22. The van der Waals surface area contributed by atoms with E-state index in [-0.39, 0.29) is 11.9 Å². The Kier molecular flexibility index (Phi) is 4.74. The maximum Gasteiger partial charge on any atom is 0.123 e. The molecule has 0 fully saturated rings. The lowest BCUT2D eigenvalue weighted by atomic mass is 10.0. The summed E-state index contributed by atoms with van der Waals surface area (Å²) >= 11 is 7.11. The molecule has 1 aromatic carbocycles. The van der Waals surface area contributed by atoms with Gasteiger partial charge in [-0.2, -0.15) is 0 Å². The Labute approximate surface area is 139 Å². The number of fused-ring (bicyclic) bond motifs is 1. The number of rotatable bonds is 5. The fraction of sp³-hybridized carbons (Fsp3) is 0.250. The summed E-state index contributed by atoms with van der Waals surface area (Å²) in [7, 11) is 0. The quantitative estimate of drug-likeness (QED) is 0.590. The van der Waals surface area contributed by atoms with Crippen LogP contribution in [0.3, 0.4) is 0 Å². The maximum absolute atomic E-state index is 13.5. The number of nitrogens with one attached hydrogen (secondary N) is 1. The van der Waals surface area contributed by atoms with Crippen molar-refractivity contribution in [1.29, 1.82) is 0 Å². The minimum absolute atomic E-state index is 0.185. The van der Waals surface area contributed by atoms with E-state index in [1.54, 1.807) is 23.5 Å². The molecule has 0 saturated carbocycles. The SMILES string of the molecule is CCNC(Cc1cc(F)ccc1Br)c1cc2sccc2s1. The van der Waals surface area contributed by atoms with Gasteiger partial charge in [0.05, 0.1) is 0 Å². The Hall–Kier alpha value is -0.750. The van der Waals surface area contributed by atoms with Gasteiger partial charge in [0.1, 0.15) is 5.82 Å². The van der Waals surface area contributed by atoms with Crippen LogP contribution in [0.5, 0.6) is 0 Å². The third kappa shape index (κ3) is 3.37. The predicted molar refractivity (Wildman–Crippen MR) is 93.9 cm³/mol. The number of benzene rings is 1. The minimum Gasteiger partial charge on any atom is -0.309 e. The van der Waals surface area contributed by atoms with Gasteiger partial charge in [-0.1, -0.05) is 22.9 Å². The highest BCUT2D eigenvalue weighted by Crippen LogP contribution is 2.35. The molecule has 1 N–H and O–H groups in total. The van der Waals surface area contributed by atoms with Crippen molar-refractivity contribution in [2.45, 2.75) is 19.4 Å². The third-order valence-electron chi connectivity index (χ3n) is 3.38. The van der Waals surface area contributed by atoms with Crippen LogP contribution in [0.2, 0.25) is 0 Å². The van der Waals surface area contributed by atoms with Crippen LogP contribution in [0.25, 0.3) is 9.40 Å². The Bertz CT molecular complexity index is 721. The van der Waals surface area contributed by atoms with Gasteiger partial charge in [0.25, 0.3) is 0 Å². The van der Waals surface area contributed by atoms with Crippen LogP contribution in [0.1, 0.15) is 23.4 Å². The average Bonchev–Trinajstić information content (AvgIpc) is 3.03. The van der Waals surface area contributed by atoms with E-state index in [9.17, 15) is 4.39 Å². The Balaban J connectivity index is 1.90. The van der Waals surface area contributed by atoms with Crippen molar-refractivity contribution in [3.63, 3.8) is 0 Å². The van der Waals surface area contributed by atoms with Crippen molar-refractivity contribution >= 4 is 48.0 Å². The molecular formula is C16H15BrFNS2. The smallest absolute Gasteiger partial charge is 0.123 e. The van der Waals surface area contributed by atoms with Crippen LogP contribution in [-0.4, -0.2) is 6.54 Å². The highest BCUT2D eigenvalue weighted by molar-refractivity contribution is 9.10. The normalized spacial score (nSPS) is 12.9. The number of halogens is 2. The second-order valence-corrected chi connectivity index (χ2v) is 7.77. The van der Waals surface area contributed by atoms with E-state index in [2.05, 4.69) is 45.7 Å². The Morgan fingerprint density at radius 3 is 2.86 bits per heavy atom. The van der Waals surface area contributed by atoms with Crippen molar-refractivity contribution < 1.29 is 4.39 Å². The maximum atomic E-state index is 13.5. The third-order valence-corrected chi connectivity index (χ3v) is 6.36. The molecule has 0 bridgehead atoms. The molecule has 0 radical (unpaired) electrons. The summed E-state index contributed by atoms with van der Waals surface area (Å²) < 4.78 is 17.1. The van der Waals surface area contributed by atoms with E-state index in [1.807, 2.05) is 11.3 Å². The van der Waals surface area contributed by atoms with Crippen LogP contribution in [0, 0.1) is 5.82 Å². The molecule has 1 unspecified atom stereocenters. The molecule has 110 valence electrons. The van der Waals surface area contributed by atoms with Gasteiger partial charge in [-0.3, -0.25) is 0 Å². The molecule has 0 aliphatic carbocycles. The number of thiophene rings is 2. The minimum atomic E-state index is -0.185. The molecule has 0 aliphatic heterocycles. The number of likely N-dealkylation sites (N-methyl/N-ethyl adjacent to an activating group) is 1. The zero-order chi connectivity index (χ0) is 14.8. The first-order valence-corrected chi connectivity index (χ1v) is 9.30. The molecular weight excluding hydrogens is 369 g/mol. The first-order valence-electron chi connectivity index (χ1n) is 6.81. The second-order valence-electron chi connectivity index (χ2n) is 4.85. The van der Waals surface area contributed by atoms with E-state index in [1.165, 1.54) is 20.3 Å². The average molecular weight is 384 g/mol. The summed E-state index contributed by atoms with van der Waals surface area (Å²) in [4.78, 5) is 1.31. The van der Waals surface area contributed by atoms with E-state index in [0.29, 0.717) is 0 Å². The molecule has 3 rings (SSSR count). The number of hydrogen-bond acceptors (Lipinski definition) is 3. The predicted octanol–water partition coefficient (Wildman–Crippen LogP) is 5.76. The molecule has 0 spiro atoms. The monoisotopic (exact) mass is 383 g/mol. The second kappa shape index (κ2) is 6.57. The Morgan fingerprint density at radius 2 is 2.10 bits per heavy atom. The van der Waals surface area contributed by atoms with E-state index in [0.717, 1.165) is 23.0 Å². The van der Waals surface area contributed by atoms with Crippen molar-refractivity contribution in [3.05, 3.63) is 56.4 Å². The molecule has 3 aromatic rings. The lowest BCUT2D eigenvalue weighted by molar-refractivity contribution is 0.554. The van der Waals surface area contributed by atoms with Crippen LogP contribution in [0.4, 0.5) is 4.39 Å². The van der Waals surface area contributed by atoms with Crippen LogP contribution in [-0.2, 0) is 6.42 Å². The zero-order valence-corrected chi connectivity index (χ0v) is 14.7. The molecule has 1 nitrogen and oxygen atoms in total. The van der Waals surface area contributed by atoms with Crippen molar-refractivity contribution in [1.82, 2.24) is 5.32 Å². The molecule has 21 heavy (non-hydrogen) atoms. The summed E-state index contributed by atoms with van der Waals surface area (Å²) in [6, 6.07) is 9.51. The summed E-state index contributed by atoms with van der Waals surface area (Å²) in [6.45, 7) is 2.99. The summed E-state index contributed by atoms with van der Waals surface area (Å²) in [6.07, 6.45) is 0.778. The molecule has 0 aliphatic rings. The van der Waals surface area contributed by atoms with Crippen molar-refractivity contribution in [3.8, 4) is 0 Å². The van der Waals surface area contributed by atoms with Crippen LogP contribution in [0.15, 0.2) is 40.2 Å². The van der Waals surface area contributed by atoms with Gasteiger partial charge in [-0.25, -0.2) is 4.39 Å². The van der Waals surface area contributed by atoms with E-state index in [4.69, 9.17) is 0 Å². The topological polar surface area (TPSA) is 12.0 Å². The molecule has 0 saturated heterocycles. The Morgan fingerprint density at radius 1 is 1.24 bits per heavy atom. The molecule has 2 heterocycles. The number of hydrogen-bond donors (Lipinski definition) is 1. The summed E-state index contributed by atoms with van der Waals surface area (Å²) in [5.41, 5.74) is 0.998. The van der Waals surface area contributed by atoms with Gasteiger partial charge in [0.2, 0.25) is 0 Å².